The highest BCUT2D eigenvalue weighted by Gasteiger charge is 2.51. The molecule has 5 rings (SSSR count). The number of aromatic nitrogens is 1. The lowest BCUT2D eigenvalue weighted by Crippen LogP contribution is -2.52. The minimum absolute atomic E-state index is 0.601. The quantitative estimate of drug-likeness (QED) is 0.268. The van der Waals surface area contributed by atoms with E-state index in [0.717, 1.165) is 44.5 Å². The third-order valence-electron chi connectivity index (χ3n) is 6.37. The summed E-state index contributed by atoms with van der Waals surface area (Å²) in [6.45, 7) is 6.06. The van der Waals surface area contributed by atoms with Gasteiger partial charge in [-0.05, 0) is 105 Å². The molecule has 34 heavy (non-hydrogen) atoms. The molecule has 0 radical (unpaired) electrons. The van der Waals surface area contributed by atoms with Crippen LogP contribution < -0.4 is 9.31 Å². The molecule has 3 aliphatic heterocycles. The second-order valence-corrected chi connectivity index (χ2v) is 10.4. The highest BCUT2D eigenvalue weighted by molar-refractivity contribution is 14.1. The van der Waals surface area contributed by atoms with Gasteiger partial charge in [-0.1, -0.05) is 39.8 Å². The van der Waals surface area contributed by atoms with Gasteiger partial charge in [-0.15, -0.1) is 0 Å². The SMILES string of the molecule is CCC1=C(CC)/C(=C2\C=C(c3[nH]c(I)c(CC)c3CC)O[B-]3(O2)Oc2ccccc2O3)N=C1I. The zero-order valence-electron chi connectivity index (χ0n) is 19.6. The van der Waals surface area contributed by atoms with Crippen molar-refractivity contribution in [2.45, 2.75) is 53.4 Å². The van der Waals surface area contributed by atoms with E-state index in [1.54, 1.807) is 0 Å². The number of benzene rings is 1. The van der Waals surface area contributed by atoms with E-state index >= 15 is 0 Å². The first-order chi connectivity index (χ1) is 16.4. The highest BCUT2D eigenvalue weighted by atomic mass is 127. The van der Waals surface area contributed by atoms with Gasteiger partial charge in [-0.3, -0.25) is 0 Å². The van der Waals surface area contributed by atoms with Gasteiger partial charge in [0.2, 0.25) is 0 Å². The predicted octanol–water partition coefficient (Wildman–Crippen LogP) is 7.21. The van der Waals surface area contributed by atoms with Crippen molar-refractivity contribution in [1.82, 2.24) is 4.98 Å². The Morgan fingerprint density at radius 1 is 0.824 bits per heavy atom. The number of aliphatic imine (C=N–C) groups is 1. The van der Waals surface area contributed by atoms with Crippen LogP contribution in [0.3, 0.4) is 0 Å². The predicted molar refractivity (Wildman–Crippen MR) is 152 cm³/mol. The largest absolute Gasteiger partial charge is 0.777 e. The molecule has 9 heteroatoms. The van der Waals surface area contributed by atoms with Crippen LogP contribution in [-0.2, 0) is 22.2 Å². The van der Waals surface area contributed by atoms with E-state index in [1.807, 2.05) is 30.3 Å². The molecule has 2 aromatic rings. The molecule has 178 valence electrons. The maximum atomic E-state index is 6.42. The van der Waals surface area contributed by atoms with Crippen molar-refractivity contribution in [2.24, 2.45) is 4.99 Å². The number of nitrogens with one attached hydrogen (secondary N) is 1. The fourth-order valence-corrected chi connectivity index (χ4v) is 6.74. The molecule has 0 saturated heterocycles. The summed E-state index contributed by atoms with van der Waals surface area (Å²) in [5.41, 5.74) is 6.73. The van der Waals surface area contributed by atoms with Crippen molar-refractivity contribution < 1.29 is 18.6 Å². The van der Waals surface area contributed by atoms with Gasteiger partial charge in [0.05, 0.1) is 9.39 Å². The molecule has 0 bridgehead atoms. The van der Waals surface area contributed by atoms with Gasteiger partial charge in [0, 0.05) is 6.08 Å². The maximum Gasteiger partial charge on any atom is 0.777 e. The molecule has 0 atom stereocenters. The summed E-state index contributed by atoms with van der Waals surface area (Å²) in [7, 11) is 0. The Morgan fingerprint density at radius 3 is 2.06 bits per heavy atom. The fraction of sp³-hybridized carbons (Fsp3) is 0.320. The van der Waals surface area contributed by atoms with Crippen LogP contribution in [0.1, 0.15) is 57.4 Å². The first-order valence-corrected chi connectivity index (χ1v) is 13.9. The van der Waals surface area contributed by atoms with Gasteiger partial charge < -0.3 is 23.6 Å². The van der Waals surface area contributed by atoms with E-state index in [0.29, 0.717) is 23.0 Å². The monoisotopic (exact) mass is 683 g/mol. The molecule has 1 aromatic heterocycles. The molecular formula is C25H26BI2N2O4-. The summed E-state index contributed by atoms with van der Waals surface area (Å²) in [5.74, 6) is 2.45. The lowest BCUT2D eigenvalue weighted by molar-refractivity contribution is 0.129. The number of allylic oxidation sites excluding steroid dienone is 3. The normalized spacial score (nSPS) is 20.4. The number of rotatable bonds is 5. The highest BCUT2D eigenvalue weighted by Crippen LogP contribution is 2.45. The van der Waals surface area contributed by atoms with Crippen LogP contribution in [-0.4, -0.2) is 15.7 Å². The van der Waals surface area contributed by atoms with Gasteiger partial charge in [0.15, 0.2) is 0 Å². The second-order valence-electron chi connectivity index (χ2n) is 8.26. The second kappa shape index (κ2) is 9.29. The van der Waals surface area contributed by atoms with Crippen LogP contribution in [0, 0.1) is 3.70 Å². The van der Waals surface area contributed by atoms with Crippen LogP contribution in [0.5, 0.6) is 11.5 Å². The molecule has 1 N–H and O–H groups in total. The zero-order valence-corrected chi connectivity index (χ0v) is 23.9. The van der Waals surface area contributed by atoms with E-state index in [-0.39, 0.29) is 0 Å². The number of aromatic amines is 1. The van der Waals surface area contributed by atoms with Crippen molar-refractivity contribution in [3.8, 4) is 11.5 Å². The molecule has 1 spiro atoms. The first kappa shape index (κ1) is 23.8. The molecule has 0 aliphatic carbocycles. The van der Waals surface area contributed by atoms with Gasteiger partial charge in [-0.2, -0.15) is 0 Å². The van der Waals surface area contributed by atoms with Crippen molar-refractivity contribution in [3.05, 3.63) is 73.5 Å². The summed E-state index contributed by atoms with van der Waals surface area (Å²) >= 11 is 4.67. The maximum absolute atomic E-state index is 6.42. The molecule has 0 saturated carbocycles. The van der Waals surface area contributed by atoms with E-state index in [9.17, 15) is 0 Å². The summed E-state index contributed by atoms with van der Waals surface area (Å²) < 4.78 is 27.3. The Bertz CT molecular complexity index is 1270. The standard InChI is InChI=1S/C25H26BI2N2O4/c1-5-14-16(7-3)24(27)29-22(14)20-13-21(23-15(6-2)17(8-4)25(28)30-23)34-26(33-20)31-18-11-9-10-12-19(18)32-26/h9-13,29H,5-8H2,1-4H3/q-1/b23-21-. The molecule has 0 amide bonds. The molecule has 6 nitrogen and oxygen atoms in total. The Hall–Kier alpha value is -1.89. The number of hydrogen-bond donors (Lipinski definition) is 1. The fourth-order valence-electron chi connectivity index (χ4n) is 4.81. The van der Waals surface area contributed by atoms with Gasteiger partial charge in [-0.25, -0.2) is 4.99 Å². The van der Waals surface area contributed by atoms with Crippen molar-refractivity contribution in [2.75, 3.05) is 0 Å². The lowest BCUT2D eigenvalue weighted by atomic mass is 9.97. The Labute approximate surface area is 227 Å². The van der Waals surface area contributed by atoms with Crippen LogP contribution in [0.15, 0.2) is 57.9 Å². The Kier molecular flexibility index (Phi) is 6.51. The van der Waals surface area contributed by atoms with Crippen molar-refractivity contribution >= 4 is 61.6 Å². The van der Waals surface area contributed by atoms with Crippen LogP contribution in [0.2, 0.25) is 0 Å². The smallest absolute Gasteiger partial charge is 0.610 e. The van der Waals surface area contributed by atoms with E-state index in [1.165, 1.54) is 22.3 Å². The topological polar surface area (TPSA) is 65.1 Å². The average molecular weight is 683 g/mol. The molecule has 1 aromatic carbocycles. The average Bonchev–Trinajstić information content (AvgIpc) is 3.47. The van der Waals surface area contributed by atoms with Crippen LogP contribution >= 0.6 is 45.2 Å². The number of nitrogens with zero attached hydrogens (tertiary/aromatic N) is 1. The van der Waals surface area contributed by atoms with Gasteiger partial charge in [0.1, 0.15) is 32.4 Å². The van der Waals surface area contributed by atoms with E-state index in [2.05, 4.69) is 77.9 Å². The van der Waals surface area contributed by atoms with Gasteiger partial charge >= 0.3 is 6.96 Å². The molecule has 0 unspecified atom stereocenters. The Morgan fingerprint density at radius 2 is 1.47 bits per heavy atom. The molecular weight excluding hydrogens is 657 g/mol. The number of fused-ring (bicyclic) bond motifs is 1. The summed E-state index contributed by atoms with van der Waals surface area (Å²) in [6, 6.07) is 7.52. The summed E-state index contributed by atoms with van der Waals surface area (Å²) in [5, 5.41) is 0. The van der Waals surface area contributed by atoms with Crippen molar-refractivity contribution in [3.63, 3.8) is 0 Å². The minimum Gasteiger partial charge on any atom is -0.610 e. The third-order valence-corrected chi connectivity index (χ3v) is 8.18. The lowest BCUT2D eigenvalue weighted by Gasteiger charge is -2.40. The van der Waals surface area contributed by atoms with Crippen molar-refractivity contribution in [1.29, 1.82) is 0 Å². The number of para-hydroxylation sites is 2. The molecule has 4 heterocycles. The summed E-state index contributed by atoms with van der Waals surface area (Å²) in [4.78, 5) is 8.44. The zero-order chi connectivity index (χ0) is 24.0. The van der Waals surface area contributed by atoms with E-state index in [4.69, 9.17) is 23.6 Å². The molecule has 0 fully saturated rings. The van der Waals surface area contributed by atoms with E-state index < -0.39 is 6.96 Å². The Balaban J connectivity index is 1.69. The first-order valence-electron chi connectivity index (χ1n) is 11.7. The number of hydrogen-bond acceptors (Lipinski definition) is 5. The van der Waals surface area contributed by atoms with Crippen LogP contribution in [0.25, 0.3) is 5.76 Å². The number of halogens is 2. The third kappa shape index (κ3) is 3.88. The number of H-pyrrole nitrogens is 1. The molecule has 3 aliphatic rings. The van der Waals surface area contributed by atoms with Gasteiger partial charge in [0.25, 0.3) is 0 Å². The minimum atomic E-state index is -2.58. The van der Waals surface area contributed by atoms with Crippen LogP contribution in [0.4, 0.5) is 0 Å². The summed E-state index contributed by atoms with van der Waals surface area (Å²) in [6.07, 6.45) is 5.52.